The molecule has 0 atom stereocenters. The van der Waals surface area contributed by atoms with Gasteiger partial charge in [0.05, 0.1) is 7.11 Å². The van der Waals surface area contributed by atoms with Crippen LogP contribution >= 0.6 is 11.8 Å². The van der Waals surface area contributed by atoms with Gasteiger partial charge in [-0.2, -0.15) is 0 Å². The molecule has 0 fully saturated rings. The molecule has 1 aromatic rings. The maximum absolute atomic E-state index is 11.6. The average molecular weight is 296 g/mol. The van der Waals surface area contributed by atoms with Gasteiger partial charge in [-0.15, -0.1) is 11.8 Å². The molecule has 112 valence electrons. The predicted molar refractivity (Wildman–Crippen MR) is 84.5 cm³/mol. The van der Waals surface area contributed by atoms with Gasteiger partial charge in [-0.05, 0) is 37.2 Å². The van der Waals surface area contributed by atoms with Gasteiger partial charge in [-0.3, -0.25) is 4.79 Å². The lowest BCUT2D eigenvalue weighted by molar-refractivity contribution is -0.120. The molecule has 4 nitrogen and oxygen atoms in total. The van der Waals surface area contributed by atoms with Gasteiger partial charge in [0.15, 0.2) is 0 Å². The van der Waals surface area contributed by atoms with Gasteiger partial charge in [0.2, 0.25) is 5.91 Å². The minimum atomic E-state index is 0.115. The Labute approximate surface area is 125 Å². The maximum Gasteiger partial charge on any atom is 0.220 e. The molecule has 0 aromatic heterocycles. The number of benzene rings is 1. The molecule has 1 aromatic carbocycles. The zero-order valence-electron chi connectivity index (χ0n) is 12.3. The highest BCUT2D eigenvalue weighted by Crippen LogP contribution is 2.21. The molecule has 0 saturated heterocycles. The van der Waals surface area contributed by atoms with Crippen molar-refractivity contribution in [3.05, 3.63) is 24.3 Å². The number of hydrogen-bond acceptors (Lipinski definition) is 4. The van der Waals surface area contributed by atoms with Gasteiger partial charge >= 0.3 is 0 Å². The molecule has 0 aliphatic carbocycles. The maximum atomic E-state index is 11.6. The van der Waals surface area contributed by atoms with Crippen LogP contribution in [0.4, 0.5) is 0 Å². The van der Waals surface area contributed by atoms with E-state index >= 15 is 0 Å². The third-order valence-electron chi connectivity index (χ3n) is 2.71. The molecule has 0 bridgehead atoms. The predicted octanol–water partition coefficient (Wildman–Crippen LogP) is 2.29. The van der Waals surface area contributed by atoms with Crippen molar-refractivity contribution in [3.8, 4) is 5.75 Å². The number of carbonyl (C=O) groups excluding carboxylic acids is 1. The first kappa shape index (κ1) is 16.9. The Kier molecular flexibility index (Phi) is 8.91. The van der Waals surface area contributed by atoms with Gasteiger partial charge in [-0.1, -0.05) is 6.92 Å². The molecular formula is C15H24N2O2S. The largest absolute Gasteiger partial charge is 0.497 e. The van der Waals surface area contributed by atoms with E-state index in [-0.39, 0.29) is 5.91 Å². The zero-order valence-corrected chi connectivity index (χ0v) is 13.1. The number of rotatable bonds is 10. The number of hydrogen-bond donors (Lipinski definition) is 2. The topological polar surface area (TPSA) is 50.4 Å². The molecule has 1 rings (SSSR count). The lowest BCUT2D eigenvalue weighted by Crippen LogP contribution is -2.32. The van der Waals surface area contributed by atoms with E-state index in [1.54, 1.807) is 18.9 Å². The molecule has 0 radical (unpaired) electrons. The first-order chi connectivity index (χ1) is 9.76. The summed E-state index contributed by atoms with van der Waals surface area (Å²) in [6, 6.07) is 7.88. The Balaban J connectivity index is 2.08. The SMILES string of the molecule is CCCNCCNC(=O)CCSc1ccc(OC)cc1. The van der Waals surface area contributed by atoms with Crippen LogP contribution in [0, 0.1) is 0 Å². The molecule has 0 aliphatic heterocycles. The van der Waals surface area contributed by atoms with E-state index in [4.69, 9.17) is 4.74 Å². The number of nitrogens with one attached hydrogen (secondary N) is 2. The fourth-order valence-corrected chi connectivity index (χ4v) is 2.47. The number of carbonyl (C=O) groups is 1. The van der Waals surface area contributed by atoms with Crippen molar-refractivity contribution in [1.82, 2.24) is 10.6 Å². The summed E-state index contributed by atoms with van der Waals surface area (Å²) >= 11 is 1.68. The van der Waals surface area contributed by atoms with Crippen LogP contribution < -0.4 is 15.4 Å². The van der Waals surface area contributed by atoms with Crippen molar-refractivity contribution in [1.29, 1.82) is 0 Å². The molecular weight excluding hydrogens is 272 g/mol. The molecule has 20 heavy (non-hydrogen) atoms. The lowest BCUT2D eigenvalue weighted by Gasteiger charge is -2.06. The minimum absolute atomic E-state index is 0.115. The summed E-state index contributed by atoms with van der Waals surface area (Å²) in [5.74, 6) is 1.76. The van der Waals surface area contributed by atoms with Gasteiger partial charge < -0.3 is 15.4 Å². The van der Waals surface area contributed by atoms with Crippen molar-refractivity contribution in [2.24, 2.45) is 0 Å². The van der Waals surface area contributed by atoms with E-state index in [1.807, 2.05) is 24.3 Å². The highest BCUT2D eigenvalue weighted by Gasteiger charge is 2.01. The Hall–Kier alpha value is -1.20. The second-order valence-electron chi connectivity index (χ2n) is 4.37. The minimum Gasteiger partial charge on any atom is -0.497 e. The van der Waals surface area contributed by atoms with Crippen LogP contribution in [0.2, 0.25) is 0 Å². The fraction of sp³-hybridized carbons (Fsp3) is 0.533. The summed E-state index contributed by atoms with van der Waals surface area (Å²) in [7, 11) is 1.65. The first-order valence-corrected chi connectivity index (χ1v) is 7.99. The van der Waals surface area contributed by atoms with Crippen LogP contribution in [0.5, 0.6) is 5.75 Å². The first-order valence-electron chi connectivity index (χ1n) is 7.00. The highest BCUT2D eigenvalue weighted by atomic mass is 32.2. The van der Waals surface area contributed by atoms with E-state index in [0.717, 1.165) is 35.9 Å². The summed E-state index contributed by atoms with van der Waals surface area (Å²) in [5.41, 5.74) is 0. The molecule has 0 spiro atoms. The molecule has 5 heteroatoms. The van der Waals surface area contributed by atoms with Gasteiger partial charge in [0.25, 0.3) is 0 Å². The summed E-state index contributed by atoms with van der Waals surface area (Å²) < 4.78 is 5.10. The second kappa shape index (κ2) is 10.6. The molecule has 2 N–H and O–H groups in total. The lowest BCUT2D eigenvalue weighted by atomic mass is 10.3. The van der Waals surface area contributed by atoms with E-state index in [1.165, 1.54) is 0 Å². The second-order valence-corrected chi connectivity index (χ2v) is 5.54. The fourth-order valence-electron chi connectivity index (χ4n) is 1.61. The number of thioether (sulfide) groups is 1. The van der Waals surface area contributed by atoms with Crippen molar-refractivity contribution in [2.75, 3.05) is 32.5 Å². The van der Waals surface area contributed by atoms with Crippen molar-refractivity contribution < 1.29 is 9.53 Å². The van der Waals surface area contributed by atoms with Crippen LogP contribution in [0.25, 0.3) is 0 Å². The normalized spacial score (nSPS) is 10.3. The van der Waals surface area contributed by atoms with Gasteiger partial charge in [0.1, 0.15) is 5.75 Å². The number of ether oxygens (including phenoxy) is 1. The quantitative estimate of drug-likeness (QED) is 0.514. The van der Waals surface area contributed by atoms with Crippen LogP contribution in [-0.4, -0.2) is 38.4 Å². The van der Waals surface area contributed by atoms with E-state index < -0.39 is 0 Å². The Morgan fingerprint density at radius 2 is 1.95 bits per heavy atom. The monoisotopic (exact) mass is 296 g/mol. The van der Waals surface area contributed by atoms with E-state index in [0.29, 0.717) is 13.0 Å². The number of amides is 1. The van der Waals surface area contributed by atoms with Crippen LogP contribution in [0.15, 0.2) is 29.2 Å². The Morgan fingerprint density at radius 1 is 1.20 bits per heavy atom. The van der Waals surface area contributed by atoms with E-state index in [9.17, 15) is 4.79 Å². The summed E-state index contributed by atoms with van der Waals surface area (Å²) in [4.78, 5) is 12.7. The van der Waals surface area contributed by atoms with Crippen LogP contribution in [0.1, 0.15) is 19.8 Å². The van der Waals surface area contributed by atoms with Crippen LogP contribution in [0.3, 0.4) is 0 Å². The van der Waals surface area contributed by atoms with Crippen LogP contribution in [-0.2, 0) is 4.79 Å². The third kappa shape index (κ3) is 7.40. The summed E-state index contributed by atoms with van der Waals surface area (Å²) in [6.45, 7) is 4.67. The van der Waals surface area contributed by atoms with Gasteiger partial charge in [-0.25, -0.2) is 0 Å². The smallest absolute Gasteiger partial charge is 0.220 e. The third-order valence-corrected chi connectivity index (χ3v) is 3.72. The molecule has 0 aliphatic rings. The average Bonchev–Trinajstić information content (AvgIpc) is 2.48. The zero-order chi connectivity index (χ0) is 14.6. The highest BCUT2D eigenvalue weighted by molar-refractivity contribution is 7.99. The van der Waals surface area contributed by atoms with E-state index in [2.05, 4.69) is 17.6 Å². The van der Waals surface area contributed by atoms with Crippen molar-refractivity contribution >= 4 is 17.7 Å². The van der Waals surface area contributed by atoms with Crippen molar-refractivity contribution in [2.45, 2.75) is 24.7 Å². The standard InChI is InChI=1S/C15H24N2O2S/c1-3-9-16-10-11-17-15(18)8-12-20-14-6-4-13(19-2)5-7-14/h4-7,16H,3,8-12H2,1-2H3,(H,17,18). The summed E-state index contributed by atoms with van der Waals surface area (Å²) in [6.07, 6.45) is 1.66. The number of methoxy groups -OCH3 is 1. The molecule has 0 heterocycles. The Bertz CT molecular complexity index is 382. The molecule has 0 saturated carbocycles. The Morgan fingerprint density at radius 3 is 2.60 bits per heavy atom. The van der Waals surface area contributed by atoms with Crippen molar-refractivity contribution in [3.63, 3.8) is 0 Å². The van der Waals surface area contributed by atoms with Gasteiger partial charge in [0, 0.05) is 30.2 Å². The molecule has 0 unspecified atom stereocenters. The molecule has 1 amide bonds. The summed E-state index contributed by atoms with van der Waals surface area (Å²) in [5, 5.41) is 6.16.